The summed E-state index contributed by atoms with van der Waals surface area (Å²) in [5.74, 6) is 2.02. The Hall–Kier alpha value is -1.10. The molecule has 2 rings (SSSR count). The van der Waals surface area contributed by atoms with E-state index in [-0.39, 0.29) is 5.92 Å². The Kier molecular flexibility index (Phi) is 4.58. The molecule has 102 valence electrons. The van der Waals surface area contributed by atoms with Crippen LogP contribution in [-0.4, -0.2) is 29.8 Å². The van der Waals surface area contributed by atoms with Crippen molar-refractivity contribution < 1.29 is 4.52 Å². The van der Waals surface area contributed by atoms with E-state index in [1.54, 1.807) is 0 Å². The van der Waals surface area contributed by atoms with Crippen LogP contribution in [0.1, 0.15) is 51.3 Å². The molecule has 0 amide bonds. The summed E-state index contributed by atoms with van der Waals surface area (Å²) < 4.78 is 5.39. The van der Waals surface area contributed by atoms with Crippen LogP contribution in [0.3, 0.4) is 0 Å². The second-order valence-electron chi connectivity index (χ2n) is 5.42. The highest BCUT2D eigenvalue weighted by molar-refractivity contribution is 5.28. The molecular weight excluding hydrogens is 228 g/mol. The van der Waals surface area contributed by atoms with Crippen LogP contribution in [0, 0.1) is 5.92 Å². The topological polar surface area (TPSA) is 68.2 Å². The summed E-state index contributed by atoms with van der Waals surface area (Å²) in [7, 11) is 0. The summed E-state index contributed by atoms with van der Waals surface area (Å²) >= 11 is 0. The molecule has 0 bridgehead atoms. The van der Waals surface area contributed by atoms with Crippen LogP contribution < -0.4 is 10.6 Å². The fourth-order valence-electron chi connectivity index (χ4n) is 2.43. The first-order valence-corrected chi connectivity index (χ1v) is 7.01. The van der Waals surface area contributed by atoms with Crippen LogP contribution in [0.15, 0.2) is 4.52 Å². The molecule has 2 heterocycles. The Morgan fingerprint density at radius 3 is 2.44 bits per heavy atom. The number of rotatable bonds is 4. The van der Waals surface area contributed by atoms with Crippen LogP contribution in [-0.2, 0) is 0 Å². The van der Waals surface area contributed by atoms with E-state index in [0.29, 0.717) is 18.4 Å². The molecule has 5 heteroatoms. The van der Waals surface area contributed by atoms with Crippen molar-refractivity contribution in [3.63, 3.8) is 0 Å². The average molecular weight is 252 g/mol. The normalized spacial score (nSPS) is 19.0. The zero-order valence-corrected chi connectivity index (χ0v) is 11.4. The summed E-state index contributed by atoms with van der Waals surface area (Å²) in [6.45, 7) is 6.89. The number of nitrogens with zero attached hydrogens (tertiary/aromatic N) is 3. The standard InChI is InChI=1S/C13H24N4O/c1-10(2)11(9-14)12-15-13(16-18-12)17-7-5-3-4-6-8-17/h10-11H,3-9,14H2,1-2H3. The van der Waals surface area contributed by atoms with Crippen molar-refractivity contribution in [3.05, 3.63) is 5.89 Å². The van der Waals surface area contributed by atoms with Crippen molar-refractivity contribution in [1.29, 1.82) is 0 Å². The Morgan fingerprint density at radius 2 is 1.89 bits per heavy atom. The van der Waals surface area contributed by atoms with Gasteiger partial charge < -0.3 is 15.2 Å². The van der Waals surface area contributed by atoms with Crippen LogP contribution in [0.5, 0.6) is 0 Å². The summed E-state index contributed by atoms with van der Waals surface area (Å²) in [6.07, 6.45) is 5.04. The quantitative estimate of drug-likeness (QED) is 0.889. The third-order valence-corrected chi connectivity index (χ3v) is 3.70. The van der Waals surface area contributed by atoms with Gasteiger partial charge in [0, 0.05) is 19.6 Å². The molecule has 1 aliphatic heterocycles. The minimum Gasteiger partial charge on any atom is -0.338 e. The lowest BCUT2D eigenvalue weighted by Gasteiger charge is -2.17. The van der Waals surface area contributed by atoms with E-state index in [1.807, 2.05) is 0 Å². The highest BCUT2D eigenvalue weighted by Crippen LogP contribution is 2.24. The molecule has 1 aromatic heterocycles. The smallest absolute Gasteiger partial charge is 0.266 e. The van der Waals surface area contributed by atoms with Gasteiger partial charge in [0.25, 0.3) is 5.95 Å². The molecule has 0 aliphatic carbocycles. The average Bonchev–Trinajstić information content (AvgIpc) is 2.65. The maximum Gasteiger partial charge on any atom is 0.266 e. The van der Waals surface area contributed by atoms with E-state index in [4.69, 9.17) is 10.3 Å². The van der Waals surface area contributed by atoms with Crippen molar-refractivity contribution >= 4 is 5.95 Å². The molecule has 1 aromatic rings. The number of hydrogen-bond donors (Lipinski definition) is 1. The lowest BCUT2D eigenvalue weighted by Crippen LogP contribution is -2.25. The first-order valence-electron chi connectivity index (χ1n) is 7.01. The van der Waals surface area contributed by atoms with Gasteiger partial charge in [-0.05, 0) is 23.9 Å². The zero-order chi connectivity index (χ0) is 13.0. The van der Waals surface area contributed by atoms with E-state index in [0.717, 1.165) is 19.0 Å². The van der Waals surface area contributed by atoms with Crippen LogP contribution in [0.25, 0.3) is 0 Å². The number of aromatic nitrogens is 2. The van der Waals surface area contributed by atoms with Crippen LogP contribution in [0.4, 0.5) is 5.95 Å². The molecule has 2 N–H and O–H groups in total. The van der Waals surface area contributed by atoms with E-state index >= 15 is 0 Å². The molecular formula is C13H24N4O. The SMILES string of the molecule is CC(C)C(CN)c1nc(N2CCCCCC2)no1. The van der Waals surface area contributed by atoms with Gasteiger partial charge in [0.05, 0.1) is 5.92 Å². The zero-order valence-electron chi connectivity index (χ0n) is 11.4. The highest BCUT2D eigenvalue weighted by atomic mass is 16.5. The van der Waals surface area contributed by atoms with Crippen molar-refractivity contribution in [2.24, 2.45) is 11.7 Å². The summed E-state index contributed by atoms with van der Waals surface area (Å²) in [4.78, 5) is 6.77. The molecule has 5 nitrogen and oxygen atoms in total. The predicted molar refractivity (Wildman–Crippen MR) is 71.6 cm³/mol. The lowest BCUT2D eigenvalue weighted by atomic mass is 9.96. The van der Waals surface area contributed by atoms with E-state index in [1.165, 1.54) is 25.7 Å². The Balaban J connectivity index is 2.08. The fraction of sp³-hybridized carbons (Fsp3) is 0.846. The van der Waals surface area contributed by atoms with Gasteiger partial charge in [0.2, 0.25) is 5.89 Å². The number of nitrogens with two attached hydrogens (primary N) is 1. The predicted octanol–water partition coefficient (Wildman–Crippen LogP) is 2.15. The van der Waals surface area contributed by atoms with Crippen LogP contribution in [0.2, 0.25) is 0 Å². The Morgan fingerprint density at radius 1 is 1.22 bits per heavy atom. The largest absolute Gasteiger partial charge is 0.338 e. The van der Waals surface area contributed by atoms with Gasteiger partial charge in [0.15, 0.2) is 0 Å². The fourth-order valence-corrected chi connectivity index (χ4v) is 2.43. The molecule has 0 radical (unpaired) electrons. The Bertz CT molecular complexity index is 356. The lowest BCUT2D eigenvalue weighted by molar-refractivity contribution is 0.323. The molecule has 18 heavy (non-hydrogen) atoms. The molecule has 1 fully saturated rings. The van der Waals surface area contributed by atoms with Crippen molar-refractivity contribution in [2.45, 2.75) is 45.4 Å². The first kappa shape index (κ1) is 13.3. The van der Waals surface area contributed by atoms with E-state index in [9.17, 15) is 0 Å². The van der Waals surface area contributed by atoms with Gasteiger partial charge in [-0.25, -0.2) is 0 Å². The van der Waals surface area contributed by atoms with Gasteiger partial charge in [0.1, 0.15) is 0 Å². The highest BCUT2D eigenvalue weighted by Gasteiger charge is 2.23. The molecule has 1 atom stereocenters. The first-order chi connectivity index (χ1) is 8.72. The van der Waals surface area contributed by atoms with Crippen molar-refractivity contribution in [3.8, 4) is 0 Å². The summed E-state index contributed by atoms with van der Waals surface area (Å²) in [5.41, 5.74) is 5.78. The van der Waals surface area contributed by atoms with Gasteiger partial charge in [-0.2, -0.15) is 4.98 Å². The molecule has 0 saturated carbocycles. The molecule has 0 aromatic carbocycles. The molecule has 1 saturated heterocycles. The van der Waals surface area contributed by atoms with Crippen LogP contribution >= 0.6 is 0 Å². The third-order valence-electron chi connectivity index (χ3n) is 3.70. The summed E-state index contributed by atoms with van der Waals surface area (Å²) in [5, 5.41) is 4.12. The van der Waals surface area contributed by atoms with Gasteiger partial charge in [-0.15, -0.1) is 0 Å². The second kappa shape index (κ2) is 6.18. The molecule has 1 aliphatic rings. The van der Waals surface area contributed by atoms with Crippen molar-refractivity contribution in [1.82, 2.24) is 10.1 Å². The van der Waals surface area contributed by atoms with Gasteiger partial charge >= 0.3 is 0 Å². The van der Waals surface area contributed by atoms with E-state index < -0.39 is 0 Å². The minimum absolute atomic E-state index is 0.165. The van der Waals surface area contributed by atoms with E-state index in [2.05, 4.69) is 28.9 Å². The Labute approximate surface area is 109 Å². The minimum atomic E-state index is 0.165. The van der Waals surface area contributed by atoms with Gasteiger partial charge in [-0.1, -0.05) is 26.7 Å². The molecule has 0 spiro atoms. The number of anilines is 1. The van der Waals surface area contributed by atoms with Gasteiger partial charge in [-0.3, -0.25) is 0 Å². The van der Waals surface area contributed by atoms with Crippen molar-refractivity contribution in [2.75, 3.05) is 24.5 Å². The summed E-state index contributed by atoms with van der Waals surface area (Å²) in [6, 6.07) is 0. The second-order valence-corrected chi connectivity index (χ2v) is 5.42. The maximum atomic E-state index is 5.78. The maximum absolute atomic E-state index is 5.78. The molecule has 1 unspecified atom stereocenters. The monoisotopic (exact) mass is 252 g/mol. The number of hydrogen-bond acceptors (Lipinski definition) is 5. The third kappa shape index (κ3) is 3.02.